The summed E-state index contributed by atoms with van der Waals surface area (Å²) in [6.45, 7) is 1.86. The third-order valence-electron chi connectivity index (χ3n) is 1.50. The van der Waals surface area contributed by atoms with E-state index in [4.69, 9.17) is 0 Å². The van der Waals surface area contributed by atoms with Gasteiger partial charge in [-0.1, -0.05) is 6.92 Å². The standard InChI is InChI=1S/C8H8BrFO/c1-2-5-3-7(10)6(9)4-8(5)11/h3-4,11H,2H2,1H3. The van der Waals surface area contributed by atoms with Gasteiger partial charge in [-0.3, -0.25) is 0 Å². The Hall–Kier alpha value is -0.570. The number of benzene rings is 1. The molecule has 0 aliphatic rings. The lowest BCUT2D eigenvalue weighted by atomic mass is 10.1. The minimum Gasteiger partial charge on any atom is -0.508 e. The van der Waals surface area contributed by atoms with Crippen LogP contribution >= 0.6 is 15.9 Å². The van der Waals surface area contributed by atoms with E-state index in [9.17, 15) is 9.50 Å². The molecule has 0 radical (unpaired) electrons. The highest BCUT2D eigenvalue weighted by Gasteiger charge is 2.04. The third-order valence-corrected chi connectivity index (χ3v) is 2.11. The van der Waals surface area contributed by atoms with E-state index in [0.717, 1.165) is 0 Å². The van der Waals surface area contributed by atoms with Crippen LogP contribution in [0.1, 0.15) is 12.5 Å². The summed E-state index contributed by atoms with van der Waals surface area (Å²) in [7, 11) is 0. The summed E-state index contributed by atoms with van der Waals surface area (Å²) in [4.78, 5) is 0. The molecule has 0 atom stereocenters. The van der Waals surface area contributed by atoms with Crippen LogP contribution < -0.4 is 0 Å². The Balaban J connectivity index is 3.21. The van der Waals surface area contributed by atoms with Crippen molar-refractivity contribution in [1.29, 1.82) is 0 Å². The first-order chi connectivity index (χ1) is 5.15. The zero-order valence-electron chi connectivity index (χ0n) is 6.06. The van der Waals surface area contributed by atoms with Crippen molar-refractivity contribution in [3.8, 4) is 5.75 Å². The van der Waals surface area contributed by atoms with Crippen LogP contribution in [0.4, 0.5) is 4.39 Å². The molecule has 3 heteroatoms. The Labute approximate surface area is 73.0 Å². The maximum absolute atomic E-state index is 12.8. The molecular formula is C8H8BrFO. The Morgan fingerprint density at radius 3 is 2.73 bits per heavy atom. The fraction of sp³-hybridized carbons (Fsp3) is 0.250. The van der Waals surface area contributed by atoms with Gasteiger partial charge in [0.2, 0.25) is 0 Å². The van der Waals surface area contributed by atoms with Crippen molar-refractivity contribution in [3.05, 3.63) is 28.0 Å². The minimum atomic E-state index is -0.334. The van der Waals surface area contributed by atoms with Gasteiger partial charge in [-0.05, 0) is 40.0 Å². The van der Waals surface area contributed by atoms with Gasteiger partial charge in [0.05, 0.1) is 4.47 Å². The van der Waals surface area contributed by atoms with Gasteiger partial charge in [0, 0.05) is 0 Å². The van der Waals surface area contributed by atoms with E-state index < -0.39 is 0 Å². The third kappa shape index (κ3) is 1.71. The Morgan fingerprint density at radius 1 is 1.55 bits per heavy atom. The molecule has 0 spiro atoms. The summed E-state index contributed by atoms with van der Waals surface area (Å²) in [5.41, 5.74) is 0.630. The van der Waals surface area contributed by atoms with Crippen molar-refractivity contribution >= 4 is 15.9 Å². The average Bonchev–Trinajstić information content (AvgIpc) is 1.97. The van der Waals surface area contributed by atoms with Crippen LogP contribution in [0.5, 0.6) is 5.75 Å². The molecule has 0 aliphatic carbocycles. The summed E-state index contributed by atoms with van der Waals surface area (Å²) in [5, 5.41) is 9.22. The Morgan fingerprint density at radius 2 is 2.18 bits per heavy atom. The molecule has 11 heavy (non-hydrogen) atoms. The molecular weight excluding hydrogens is 211 g/mol. The first kappa shape index (κ1) is 8.53. The van der Waals surface area contributed by atoms with Crippen LogP contribution in [-0.4, -0.2) is 5.11 Å². The fourth-order valence-corrected chi connectivity index (χ4v) is 1.19. The van der Waals surface area contributed by atoms with Gasteiger partial charge >= 0.3 is 0 Å². The van der Waals surface area contributed by atoms with E-state index in [2.05, 4.69) is 15.9 Å². The lowest BCUT2D eigenvalue weighted by Crippen LogP contribution is -1.85. The smallest absolute Gasteiger partial charge is 0.137 e. The lowest BCUT2D eigenvalue weighted by molar-refractivity contribution is 0.465. The zero-order chi connectivity index (χ0) is 8.43. The lowest BCUT2D eigenvalue weighted by Gasteiger charge is -2.02. The maximum Gasteiger partial charge on any atom is 0.137 e. The zero-order valence-corrected chi connectivity index (χ0v) is 7.65. The topological polar surface area (TPSA) is 20.2 Å². The van der Waals surface area contributed by atoms with E-state index in [1.807, 2.05) is 6.92 Å². The molecule has 0 saturated heterocycles. The number of hydrogen-bond acceptors (Lipinski definition) is 1. The maximum atomic E-state index is 12.8. The molecule has 0 saturated carbocycles. The van der Waals surface area contributed by atoms with Crippen molar-refractivity contribution in [2.75, 3.05) is 0 Å². The van der Waals surface area contributed by atoms with Gasteiger partial charge in [0.1, 0.15) is 11.6 Å². The summed E-state index contributed by atoms with van der Waals surface area (Å²) in [5.74, 6) is -0.194. The highest BCUT2D eigenvalue weighted by Crippen LogP contribution is 2.25. The highest BCUT2D eigenvalue weighted by atomic mass is 79.9. The predicted octanol–water partition coefficient (Wildman–Crippen LogP) is 2.86. The molecule has 0 amide bonds. The molecule has 0 heterocycles. The first-order valence-electron chi connectivity index (χ1n) is 3.32. The molecule has 1 N–H and O–H groups in total. The fourth-order valence-electron chi connectivity index (χ4n) is 0.861. The largest absolute Gasteiger partial charge is 0.508 e. The molecule has 1 nitrogen and oxygen atoms in total. The second-order valence-corrected chi connectivity index (χ2v) is 3.10. The molecule has 1 aromatic rings. The summed E-state index contributed by atoms with van der Waals surface area (Å²) < 4.78 is 13.1. The number of phenolic OH excluding ortho intramolecular Hbond substituents is 1. The number of hydrogen-bond donors (Lipinski definition) is 1. The molecule has 1 aromatic carbocycles. The van der Waals surface area contributed by atoms with Gasteiger partial charge in [-0.2, -0.15) is 0 Å². The molecule has 0 bridgehead atoms. The number of aryl methyl sites for hydroxylation is 1. The Kier molecular flexibility index (Phi) is 2.49. The van der Waals surface area contributed by atoms with Crippen molar-refractivity contribution in [3.63, 3.8) is 0 Å². The van der Waals surface area contributed by atoms with Crippen LogP contribution in [0.15, 0.2) is 16.6 Å². The van der Waals surface area contributed by atoms with E-state index in [1.165, 1.54) is 12.1 Å². The number of aromatic hydroxyl groups is 1. The summed E-state index contributed by atoms with van der Waals surface area (Å²) in [6, 6.07) is 2.70. The van der Waals surface area contributed by atoms with E-state index in [0.29, 0.717) is 16.5 Å². The van der Waals surface area contributed by atoms with Crippen LogP contribution in [-0.2, 0) is 6.42 Å². The highest BCUT2D eigenvalue weighted by molar-refractivity contribution is 9.10. The van der Waals surface area contributed by atoms with Crippen molar-refractivity contribution in [1.82, 2.24) is 0 Å². The van der Waals surface area contributed by atoms with E-state index in [-0.39, 0.29) is 11.6 Å². The van der Waals surface area contributed by atoms with Crippen molar-refractivity contribution < 1.29 is 9.50 Å². The van der Waals surface area contributed by atoms with Gasteiger partial charge in [0.15, 0.2) is 0 Å². The second kappa shape index (κ2) is 3.22. The average molecular weight is 219 g/mol. The van der Waals surface area contributed by atoms with Gasteiger partial charge in [-0.25, -0.2) is 4.39 Å². The van der Waals surface area contributed by atoms with Crippen LogP contribution in [0.2, 0.25) is 0 Å². The quantitative estimate of drug-likeness (QED) is 0.769. The van der Waals surface area contributed by atoms with Crippen molar-refractivity contribution in [2.45, 2.75) is 13.3 Å². The minimum absolute atomic E-state index is 0.140. The van der Waals surface area contributed by atoms with E-state index in [1.54, 1.807) is 0 Å². The van der Waals surface area contributed by atoms with Crippen LogP contribution in [0.25, 0.3) is 0 Å². The van der Waals surface area contributed by atoms with Crippen LogP contribution in [0, 0.1) is 5.82 Å². The molecule has 0 aliphatic heterocycles. The van der Waals surface area contributed by atoms with Crippen LogP contribution in [0.3, 0.4) is 0 Å². The molecule has 1 rings (SSSR count). The SMILES string of the molecule is CCc1cc(F)c(Br)cc1O. The summed E-state index contributed by atoms with van der Waals surface area (Å²) >= 11 is 2.97. The van der Waals surface area contributed by atoms with Gasteiger partial charge < -0.3 is 5.11 Å². The van der Waals surface area contributed by atoms with E-state index >= 15 is 0 Å². The van der Waals surface area contributed by atoms with Crippen molar-refractivity contribution in [2.24, 2.45) is 0 Å². The van der Waals surface area contributed by atoms with Gasteiger partial charge in [0.25, 0.3) is 0 Å². The summed E-state index contributed by atoms with van der Waals surface area (Å²) in [6.07, 6.45) is 0.635. The van der Waals surface area contributed by atoms with Gasteiger partial charge in [-0.15, -0.1) is 0 Å². The molecule has 0 aromatic heterocycles. The molecule has 60 valence electrons. The monoisotopic (exact) mass is 218 g/mol. The molecule has 0 fully saturated rings. The number of rotatable bonds is 1. The molecule has 0 unspecified atom stereocenters. The normalized spacial score (nSPS) is 10.1. The number of phenols is 1. The Bertz CT molecular complexity index is 273. The second-order valence-electron chi connectivity index (χ2n) is 2.25. The predicted molar refractivity (Wildman–Crippen MR) is 45.1 cm³/mol. The number of halogens is 2. The first-order valence-corrected chi connectivity index (χ1v) is 4.11.